The summed E-state index contributed by atoms with van der Waals surface area (Å²) < 4.78 is 88.6. The number of pyridine rings is 2. The fraction of sp³-hybridized carbons (Fsp3) is 0.364. The van der Waals surface area contributed by atoms with Gasteiger partial charge >= 0.3 is 0 Å². The zero-order valence-electron chi connectivity index (χ0n) is 67.0. The summed E-state index contributed by atoms with van der Waals surface area (Å²) in [5.41, 5.74) is 11.3. The lowest BCUT2D eigenvalue weighted by Gasteiger charge is -2.39. The molecule has 2 amide bonds. The van der Waals surface area contributed by atoms with Gasteiger partial charge in [-0.2, -0.15) is 0 Å². The third kappa shape index (κ3) is 19.2. The van der Waals surface area contributed by atoms with Gasteiger partial charge in [-0.1, -0.05) is 93.2 Å². The van der Waals surface area contributed by atoms with Gasteiger partial charge in [0.15, 0.2) is 0 Å². The van der Waals surface area contributed by atoms with Crippen LogP contribution in [0.1, 0.15) is 123 Å². The third-order valence-corrected chi connectivity index (χ3v) is 26.5. The van der Waals surface area contributed by atoms with Crippen LogP contribution in [0.3, 0.4) is 0 Å². The predicted octanol–water partition coefficient (Wildman–Crippen LogP) is 16.8. The number of hydrogen-bond donors (Lipinski definition) is 4. The molecule has 6 aromatic carbocycles. The van der Waals surface area contributed by atoms with Crippen molar-refractivity contribution >= 4 is 111 Å². The van der Waals surface area contributed by atoms with Gasteiger partial charge in [-0.15, -0.1) is 0 Å². The van der Waals surface area contributed by atoms with Crippen LogP contribution < -0.4 is 38.2 Å². The van der Waals surface area contributed by atoms with Gasteiger partial charge < -0.3 is 43.5 Å². The third-order valence-electron chi connectivity index (χ3n) is 23.4. The molecule has 119 heavy (non-hydrogen) atoms. The molecule has 0 bridgehead atoms. The summed E-state index contributed by atoms with van der Waals surface area (Å²) >= 11 is 12.5. The molecular weight excluding hydrogens is 1600 g/mol. The van der Waals surface area contributed by atoms with Gasteiger partial charge in [-0.25, -0.2) is 36.2 Å². The number of allylic oxidation sites excluding steroid dienone is 2. The molecule has 0 unspecified atom stereocenters. The Hall–Kier alpha value is -10.9. The number of carbonyl (C=O) groups is 2. The average molecular weight is 1690 g/mol. The van der Waals surface area contributed by atoms with E-state index in [1.807, 2.05) is 43.3 Å². The van der Waals surface area contributed by atoms with Crippen LogP contribution in [0.25, 0.3) is 33.2 Å². The quantitative estimate of drug-likeness (QED) is 0.0341. The molecule has 4 N–H and O–H groups in total. The van der Waals surface area contributed by atoms with Gasteiger partial charge in [0.2, 0.25) is 0 Å². The van der Waals surface area contributed by atoms with Gasteiger partial charge in [-0.05, 0) is 170 Å². The molecular formula is C88H94Cl2N12O15S2. The standard InChI is InChI=1S/C44H47ClN6O8S.C44H47ClN6O7S/c1-44(2)12-10-31(38(23-44)29-4-6-32(45)7-5-29)25-49-14-16-50(17-15-49)33-8-9-36(41(20-33)59-34-19-30-11-13-46-42(30)47-24-34)43(52)48-60(55,56)35-21-39(51(53)54)37-18-28(26-57-3)27-58-40(37)22-35;1-4-28-19-37-39(51(53)54)22-35(23-40(37)57-27-28)59(55,56)48-43(52)36-10-9-33(21-41(36)58-34-20-30-12-14-46-42(30)47-25-34)50-17-15-49(16-18-50)26-31-11-13-44(2,3)24-38(31)29-5-7-32(45)8-6-29/h4-9,11,13,19-22,24,28H,10,12,14-18,23,25-27H2,1-3H3,(H,46,47)(H,48,52);5-10,12,14,20-23,25,28H,4,11,13,15-19,24,26-27H2,1-3H3,(H,46,47)(H,48,52)/t2*28-/m01/s1. The second kappa shape index (κ2) is 34.8. The number of sulfonamides is 2. The van der Waals surface area contributed by atoms with E-state index in [1.54, 1.807) is 54.9 Å². The molecule has 27 nitrogen and oxygen atoms in total. The number of nitrogens with one attached hydrogen (secondary N) is 4. The van der Waals surface area contributed by atoms with Gasteiger partial charge in [0, 0.05) is 159 Å². The molecule has 2 fully saturated rings. The van der Waals surface area contributed by atoms with Crippen molar-refractivity contribution in [2.75, 3.05) is 102 Å². The number of hydrogen-bond acceptors (Lipinski definition) is 21. The van der Waals surface area contributed by atoms with Gasteiger partial charge in [0.1, 0.15) is 45.8 Å². The zero-order valence-corrected chi connectivity index (χ0v) is 70.1. The first-order valence-corrected chi connectivity index (χ1v) is 43.6. The monoisotopic (exact) mass is 1690 g/mol. The lowest BCUT2D eigenvalue weighted by molar-refractivity contribution is -0.386. The number of nitro groups is 2. The summed E-state index contributed by atoms with van der Waals surface area (Å²) in [7, 11) is -7.68. The molecule has 6 aliphatic rings. The number of aromatic amines is 2. The van der Waals surface area contributed by atoms with E-state index >= 15 is 0 Å². The second-order valence-electron chi connectivity index (χ2n) is 33.0. The van der Waals surface area contributed by atoms with Crippen molar-refractivity contribution in [1.29, 1.82) is 0 Å². The van der Waals surface area contributed by atoms with E-state index in [-0.39, 0.29) is 81.1 Å². The molecule has 0 radical (unpaired) electrons. The Bertz CT molecular complexity index is 5860. The Kier molecular flexibility index (Phi) is 24.3. The van der Waals surface area contributed by atoms with E-state index in [9.17, 15) is 46.7 Å². The molecule has 0 spiro atoms. The Morgan fingerprint density at radius 3 is 1.38 bits per heavy atom. The number of carbonyl (C=O) groups excluding carboxylic acids is 2. The average Bonchev–Trinajstić information content (AvgIpc) is 1.53. The van der Waals surface area contributed by atoms with Crippen LogP contribution in [0.4, 0.5) is 22.7 Å². The first-order chi connectivity index (χ1) is 57.0. The number of nitro benzene ring substituents is 2. The highest BCUT2D eigenvalue weighted by Crippen LogP contribution is 2.47. The number of rotatable bonds is 23. The van der Waals surface area contributed by atoms with Crippen molar-refractivity contribution in [2.45, 2.75) is 102 Å². The largest absolute Gasteiger partial charge is 0.493 e. The number of aromatic nitrogens is 4. The van der Waals surface area contributed by atoms with Crippen LogP contribution >= 0.6 is 23.2 Å². The number of fused-ring (bicyclic) bond motifs is 4. The molecule has 2 aliphatic carbocycles. The fourth-order valence-electron chi connectivity index (χ4n) is 16.7. The van der Waals surface area contributed by atoms with Crippen molar-refractivity contribution in [2.24, 2.45) is 22.7 Å². The first-order valence-electron chi connectivity index (χ1n) is 39.9. The smallest absolute Gasteiger partial charge is 0.277 e. The molecule has 0 saturated carbocycles. The Morgan fingerprint density at radius 1 is 0.563 bits per heavy atom. The van der Waals surface area contributed by atoms with E-state index in [0.717, 1.165) is 155 Å². The molecule has 4 aliphatic heterocycles. The highest BCUT2D eigenvalue weighted by Gasteiger charge is 2.37. The number of nitrogens with zero attached hydrogens (tertiary/aromatic N) is 8. The predicted molar refractivity (Wildman–Crippen MR) is 458 cm³/mol. The highest BCUT2D eigenvalue weighted by atomic mass is 35.5. The number of amides is 2. The van der Waals surface area contributed by atoms with E-state index in [1.165, 1.54) is 71.1 Å². The zero-order chi connectivity index (χ0) is 83.7. The molecule has 10 aromatic rings. The number of halogens is 2. The maximum atomic E-state index is 13.9. The molecule has 2 atom stereocenters. The lowest BCUT2D eigenvalue weighted by atomic mass is 9.72. The van der Waals surface area contributed by atoms with Crippen molar-refractivity contribution in [3.63, 3.8) is 0 Å². The van der Waals surface area contributed by atoms with E-state index in [4.69, 9.17) is 46.9 Å². The lowest BCUT2D eigenvalue weighted by Crippen LogP contribution is -2.47. The van der Waals surface area contributed by atoms with Crippen LogP contribution in [0, 0.1) is 42.9 Å². The summed E-state index contributed by atoms with van der Waals surface area (Å²) in [4.78, 5) is 74.2. The normalized spacial score (nSPS) is 18.3. The Balaban J connectivity index is 0.000000186. The summed E-state index contributed by atoms with van der Waals surface area (Å²) in [6.07, 6.45) is 14.4. The van der Waals surface area contributed by atoms with Gasteiger partial charge in [0.25, 0.3) is 43.2 Å². The van der Waals surface area contributed by atoms with E-state index in [2.05, 4.69) is 101 Å². The number of H-pyrrole nitrogens is 2. The number of piperazine rings is 2. The minimum absolute atomic E-state index is 0.0403. The molecule has 4 aromatic heterocycles. The van der Waals surface area contributed by atoms with Crippen LogP contribution in [-0.4, -0.2) is 161 Å². The summed E-state index contributed by atoms with van der Waals surface area (Å²) in [6, 6.07) is 38.1. The van der Waals surface area contributed by atoms with Crippen LogP contribution in [0.5, 0.6) is 34.5 Å². The fourth-order valence-corrected chi connectivity index (χ4v) is 18.9. The maximum Gasteiger partial charge on any atom is 0.277 e. The van der Waals surface area contributed by atoms with Gasteiger partial charge in [-0.3, -0.25) is 39.6 Å². The van der Waals surface area contributed by atoms with E-state index < -0.39 is 57.2 Å². The number of methoxy groups -OCH3 is 1. The number of anilines is 2. The summed E-state index contributed by atoms with van der Waals surface area (Å²) in [6.45, 7) is 20.0. The summed E-state index contributed by atoms with van der Waals surface area (Å²) in [5.74, 6) is -0.858. The molecule has 16 rings (SSSR count). The molecule has 622 valence electrons. The Labute approximate surface area is 700 Å². The van der Waals surface area contributed by atoms with Crippen molar-refractivity contribution < 1.29 is 60.0 Å². The van der Waals surface area contributed by atoms with Gasteiger partial charge in [0.05, 0.1) is 74.1 Å². The van der Waals surface area contributed by atoms with Crippen molar-refractivity contribution in [3.8, 4) is 34.5 Å². The minimum atomic E-state index is -4.62. The van der Waals surface area contributed by atoms with Crippen molar-refractivity contribution in [3.05, 3.63) is 233 Å². The molecule has 31 heteroatoms. The van der Waals surface area contributed by atoms with Crippen molar-refractivity contribution in [1.82, 2.24) is 39.2 Å². The van der Waals surface area contributed by atoms with E-state index in [0.29, 0.717) is 48.0 Å². The minimum Gasteiger partial charge on any atom is -0.493 e. The molecule has 2 saturated heterocycles. The SMILES string of the molecule is CC[C@H]1COc2cc(S(=O)(=O)NC(=O)c3ccc(N4CCN(CC5=C(c6ccc(Cl)cc6)CC(C)(C)CC5)CC4)cc3Oc3cnc4[nH]ccc4c3)cc([N+](=O)[O-])c2C1.COC[C@H]1COc2cc(S(=O)(=O)NC(=O)c3ccc(N4CCN(CC5=C(c6ccc(Cl)cc6)CC(C)(C)CC5)CC4)cc3Oc3cnc4[nH]ccc4c3)cc([N+](=O)[O-])c2C1. The van der Waals surface area contributed by atoms with Crippen LogP contribution in [0.2, 0.25) is 10.0 Å². The number of ether oxygens (including phenoxy) is 5. The van der Waals surface area contributed by atoms with Crippen LogP contribution in [0.15, 0.2) is 179 Å². The first kappa shape index (κ1) is 83.2. The molecule has 8 heterocycles. The highest BCUT2D eigenvalue weighted by molar-refractivity contribution is 7.90. The number of benzene rings is 6. The topological polar surface area (TPSA) is 329 Å². The summed E-state index contributed by atoms with van der Waals surface area (Å²) in [5, 5.41) is 27.2. The van der Waals surface area contributed by atoms with Crippen LogP contribution in [-0.2, 0) is 37.6 Å². The second-order valence-corrected chi connectivity index (χ2v) is 37.2. The maximum absolute atomic E-state index is 13.9. The Morgan fingerprint density at radius 2 is 0.975 bits per heavy atom.